The summed E-state index contributed by atoms with van der Waals surface area (Å²) in [5.41, 5.74) is 2.03. The predicted octanol–water partition coefficient (Wildman–Crippen LogP) is 4.37. The largest absolute Gasteiger partial charge is 0.444 e. The molecule has 0 aliphatic heterocycles. The number of aromatic nitrogens is 2. The van der Waals surface area contributed by atoms with Crippen molar-refractivity contribution >= 4 is 23.8 Å². The van der Waals surface area contributed by atoms with Crippen molar-refractivity contribution in [2.75, 3.05) is 6.54 Å². The van der Waals surface area contributed by atoms with E-state index in [2.05, 4.69) is 10.4 Å². The maximum atomic E-state index is 11.6. The number of nitrogens with one attached hydrogen (secondary N) is 1. The Bertz CT molecular complexity index is 731. The Hall–Kier alpha value is -2.27. The zero-order chi connectivity index (χ0) is 17.7. The van der Waals surface area contributed by atoms with Gasteiger partial charge in [0.1, 0.15) is 10.8 Å². The Morgan fingerprint density at radius 2 is 2.00 bits per heavy atom. The SMILES string of the molecule is Cc1nn(-c2ccccc2)c(Cl)c1C=CCNC(=O)OC(C)(C)C. The summed E-state index contributed by atoms with van der Waals surface area (Å²) >= 11 is 6.43. The molecule has 1 N–H and O–H groups in total. The Labute approximate surface area is 147 Å². The number of benzene rings is 1. The van der Waals surface area contributed by atoms with Gasteiger partial charge in [-0.2, -0.15) is 5.10 Å². The second-order valence-corrected chi connectivity index (χ2v) is 6.68. The topological polar surface area (TPSA) is 56.2 Å². The van der Waals surface area contributed by atoms with Crippen LogP contribution in [0.2, 0.25) is 5.15 Å². The third kappa shape index (κ3) is 4.86. The number of hydrogen-bond donors (Lipinski definition) is 1. The zero-order valence-corrected chi connectivity index (χ0v) is 15.1. The lowest BCUT2D eigenvalue weighted by molar-refractivity contribution is 0.0534. The van der Waals surface area contributed by atoms with Gasteiger partial charge in [0.25, 0.3) is 0 Å². The summed E-state index contributed by atoms with van der Waals surface area (Å²) in [7, 11) is 0. The average Bonchev–Trinajstić information content (AvgIpc) is 2.78. The zero-order valence-electron chi connectivity index (χ0n) is 14.3. The molecule has 2 aromatic rings. The molecule has 0 fully saturated rings. The minimum Gasteiger partial charge on any atom is -0.444 e. The van der Waals surface area contributed by atoms with Crippen LogP contribution in [0.1, 0.15) is 32.0 Å². The Balaban J connectivity index is 2.03. The predicted molar refractivity (Wildman–Crippen MR) is 96.6 cm³/mol. The van der Waals surface area contributed by atoms with Crippen molar-refractivity contribution < 1.29 is 9.53 Å². The van der Waals surface area contributed by atoms with E-state index in [1.807, 2.05) is 70.2 Å². The Kier molecular flexibility index (Phi) is 5.67. The number of alkyl carbamates (subject to hydrolysis) is 1. The van der Waals surface area contributed by atoms with E-state index in [1.165, 1.54) is 0 Å². The first-order chi connectivity index (χ1) is 11.3. The van der Waals surface area contributed by atoms with Crippen LogP contribution < -0.4 is 5.32 Å². The number of aryl methyl sites for hydroxylation is 1. The van der Waals surface area contributed by atoms with Crippen LogP contribution in [0.5, 0.6) is 0 Å². The number of hydrogen-bond acceptors (Lipinski definition) is 3. The van der Waals surface area contributed by atoms with Crippen molar-refractivity contribution in [2.45, 2.75) is 33.3 Å². The van der Waals surface area contributed by atoms with E-state index < -0.39 is 11.7 Å². The molecule has 2 rings (SSSR count). The summed E-state index contributed by atoms with van der Waals surface area (Å²) in [6.45, 7) is 7.71. The van der Waals surface area contributed by atoms with Gasteiger partial charge in [0.2, 0.25) is 0 Å². The van der Waals surface area contributed by atoms with Gasteiger partial charge in [0, 0.05) is 12.1 Å². The van der Waals surface area contributed by atoms with Crippen LogP contribution in [0.4, 0.5) is 4.79 Å². The van der Waals surface area contributed by atoms with E-state index in [9.17, 15) is 4.79 Å². The first-order valence-corrected chi connectivity index (χ1v) is 8.09. The maximum Gasteiger partial charge on any atom is 0.407 e. The minimum absolute atomic E-state index is 0.348. The van der Waals surface area contributed by atoms with Gasteiger partial charge in [-0.3, -0.25) is 0 Å². The lowest BCUT2D eigenvalue weighted by atomic mass is 10.2. The summed E-state index contributed by atoms with van der Waals surface area (Å²) in [4.78, 5) is 11.6. The highest BCUT2D eigenvalue weighted by atomic mass is 35.5. The highest BCUT2D eigenvalue weighted by Crippen LogP contribution is 2.24. The summed E-state index contributed by atoms with van der Waals surface area (Å²) in [5, 5.41) is 7.67. The van der Waals surface area contributed by atoms with E-state index in [1.54, 1.807) is 4.68 Å². The molecule has 1 amide bonds. The number of para-hydroxylation sites is 1. The summed E-state index contributed by atoms with van der Waals surface area (Å²) in [6, 6.07) is 9.69. The highest BCUT2D eigenvalue weighted by Gasteiger charge is 2.15. The Morgan fingerprint density at radius 3 is 2.62 bits per heavy atom. The van der Waals surface area contributed by atoms with Crippen molar-refractivity contribution in [3.63, 3.8) is 0 Å². The molecule has 5 nitrogen and oxygen atoms in total. The van der Waals surface area contributed by atoms with Gasteiger partial charge in [-0.25, -0.2) is 9.48 Å². The molecular formula is C18H22ClN3O2. The molecule has 0 saturated heterocycles. The molecule has 0 atom stereocenters. The van der Waals surface area contributed by atoms with Gasteiger partial charge in [0.05, 0.1) is 11.4 Å². The molecule has 0 bridgehead atoms. The molecule has 128 valence electrons. The van der Waals surface area contributed by atoms with Crippen LogP contribution in [0.15, 0.2) is 36.4 Å². The minimum atomic E-state index is -0.509. The quantitative estimate of drug-likeness (QED) is 0.893. The third-order valence-electron chi connectivity index (χ3n) is 3.10. The summed E-state index contributed by atoms with van der Waals surface area (Å²) in [5.74, 6) is 0. The molecule has 24 heavy (non-hydrogen) atoms. The third-order valence-corrected chi connectivity index (χ3v) is 3.46. The van der Waals surface area contributed by atoms with E-state index in [0.717, 1.165) is 16.9 Å². The summed E-state index contributed by atoms with van der Waals surface area (Å²) < 4.78 is 6.87. The monoisotopic (exact) mass is 347 g/mol. The number of halogens is 1. The van der Waals surface area contributed by atoms with E-state index in [4.69, 9.17) is 16.3 Å². The van der Waals surface area contributed by atoms with Gasteiger partial charge in [-0.15, -0.1) is 0 Å². The van der Waals surface area contributed by atoms with Crippen LogP contribution in [-0.4, -0.2) is 28.0 Å². The van der Waals surface area contributed by atoms with Gasteiger partial charge >= 0.3 is 6.09 Å². The highest BCUT2D eigenvalue weighted by molar-refractivity contribution is 6.31. The lowest BCUT2D eigenvalue weighted by Crippen LogP contribution is -2.32. The number of carbonyl (C=O) groups is 1. The fourth-order valence-corrected chi connectivity index (χ4v) is 2.41. The molecule has 6 heteroatoms. The van der Waals surface area contributed by atoms with Gasteiger partial charge in [-0.1, -0.05) is 42.0 Å². The van der Waals surface area contributed by atoms with Crippen LogP contribution in [-0.2, 0) is 4.74 Å². The van der Waals surface area contributed by atoms with Crippen LogP contribution >= 0.6 is 11.6 Å². The second kappa shape index (κ2) is 7.53. The van der Waals surface area contributed by atoms with E-state index in [-0.39, 0.29) is 0 Å². The lowest BCUT2D eigenvalue weighted by Gasteiger charge is -2.19. The van der Waals surface area contributed by atoms with E-state index in [0.29, 0.717) is 11.7 Å². The molecule has 0 spiro atoms. The fraction of sp³-hybridized carbons (Fsp3) is 0.333. The number of carbonyl (C=O) groups excluding carboxylic acids is 1. The molecule has 0 saturated carbocycles. The first-order valence-electron chi connectivity index (χ1n) is 7.72. The normalized spacial score (nSPS) is 11.7. The van der Waals surface area contributed by atoms with Crippen molar-refractivity contribution in [2.24, 2.45) is 0 Å². The average molecular weight is 348 g/mol. The smallest absolute Gasteiger partial charge is 0.407 e. The number of nitrogens with zero attached hydrogens (tertiary/aromatic N) is 2. The van der Waals surface area contributed by atoms with Crippen LogP contribution in [0, 0.1) is 6.92 Å². The second-order valence-electron chi connectivity index (χ2n) is 6.32. The van der Waals surface area contributed by atoms with Crippen LogP contribution in [0.3, 0.4) is 0 Å². The molecule has 1 aromatic heterocycles. The number of ether oxygens (including phenoxy) is 1. The first kappa shape index (κ1) is 18.1. The summed E-state index contributed by atoms with van der Waals surface area (Å²) in [6.07, 6.45) is 3.21. The molecule has 0 aliphatic carbocycles. The van der Waals surface area contributed by atoms with Crippen molar-refractivity contribution in [3.8, 4) is 5.69 Å². The maximum absolute atomic E-state index is 11.6. The van der Waals surface area contributed by atoms with E-state index >= 15 is 0 Å². The van der Waals surface area contributed by atoms with Gasteiger partial charge in [-0.05, 0) is 39.8 Å². The number of amides is 1. The van der Waals surface area contributed by atoms with Crippen molar-refractivity contribution in [1.82, 2.24) is 15.1 Å². The fourth-order valence-electron chi connectivity index (χ4n) is 2.07. The Morgan fingerprint density at radius 1 is 1.33 bits per heavy atom. The molecule has 0 aliphatic rings. The molecule has 1 aromatic carbocycles. The standard InChI is InChI=1S/C18H22ClN3O2/c1-13-15(11-8-12-20-17(23)24-18(2,3)4)16(19)22(21-13)14-9-6-5-7-10-14/h5-11H,12H2,1-4H3,(H,20,23). The number of rotatable bonds is 4. The molecular weight excluding hydrogens is 326 g/mol. The van der Waals surface area contributed by atoms with Gasteiger partial charge in [0.15, 0.2) is 0 Å². The molecule has 1 heterocycles. The molecule has 0 radical (unpaired) electrons. The molecule has 0 unspecified atom stereocenters. The van der Waals surface area contributed by atoms with Gasteiger partial charge < -0.3 is 10.1 Å². The van der Waals surface area contributed by atoms with Crippen LogP contribution in [0.25, 0.3) is 11.8 Å². The van der Waals surface area contributed by atoms with Crippen molar-refractivity contribution in [1.29, 1.82) is 0 Å². The van der Waals surface area contributed by atoms with Crippen molar-refractivity contribution in [3.05, 3.63) is 52.8 Å².